The number of hydrogen-bond acceptors (Lipinski definition) is 5. The predicted molar refractivity (Wildman–Crippen MR) is 93.4 cm³/mol. The number of carbonyl (C=O) groups excluding carboxylic acids is 1. The third-order valence-electron chi connectivity index (χ3n) is 5.06. The van der Waals surface area contributed by atoms with Crippen molar-refractivity contribution in [2.75, 3.05) is 26.2 Å². The van der Waals surface area contributed by atoms with E-state index in [0.717, 1.165) is 51.1 Å². The summed E-state index contributed by atoms with van der Waals surface area (Å²) in [6.45, 7) is 7.14. The van der Waals surface area contributed by atoms with Crippen molar-refractivity contribution in [3.63, 3.8) is 0 Å². The molecule has 3 rings (SSSR count). The zero-order valence-electron chi connectivity index (χ0n) is 14.5. The number of halogens is 1. The van der Waals surface area contributed by atoms with E-state index in [9.17, 15) is 9.90 Å². The van der Waals surface area contributed by atoms with Gasteiger partial charge in [-0.3, -0.25) is 4.79 Å². The van der Waals surface area contributed by atoms with Crippen molar-refractivity contribution in [2.24, 2.45) is 11.3 Å². The van der Waals surface area contributed by atoms with Crippen molar-refractivity contribution in [1.29, 1.82) is 0 Å². The topological polar surface area (TPSA) is 78.6 Å². The van der Waals surface area contributed by atoms with E-state index in [2.05, 4.69) is 24.3 Å². The molecule has 0 unspecified atom stereocenters. The maximum Gasteiger partial charge on any atom is 0.276 e. The Morgan fingerprint density at radius 1 is 1.58 bits per heavy atom. The summed E-state index contributed by atoms with van der Waals surface area (Å²) in [4.78, 5) is 14.6. The van der Waals surface area contributed by atoms with Gasteiger partial charge < -0.3 is 19.8 Å². The number of nitrogens with one attached hydrogen (secondary N) is 1. The maximum atomic E-state index is 12.7. The second-order valence-electron chi connectivity index (χ2n) is 7.45. The monoisotopic (exact) mass is 357 g/mol. The second-order valence-corrected chi connectivity index (χ2v) is 7.45. The van der Waals surface area contributed by atoms with Gasteiger partial charge in [-0.2, -0.15) is 0 Å². The summed E-state index contributed by atoms with van der Waals surface area (Å²) in [5.74, 6) is 1.14. The van der Waals surface area contributed by atoms with Crippen molar-refractivity contribution >= 4 is 18.3 Å². The highest BCUT2D eigenvalue weighted by Crippen LogP contribution is 2.36. The van der Waals surface area contributed by atoms with Crippen LogP contribution in [0, 0.1) is 11.3 Å². The molecule has 1 aromatic rings. The minimum absolute atomic E-state index is 0. The first-order chi connectivity index (χ1) is 11.0. The van der Waals surface area contributed by atoms with Gasteiger partial charge in [0.1, 0.15) is 5.76 Å². The molecule has 24 heavy (non-hydrogen) atoms. The summed E-state index contributed by atoms with van der Waals surface area (Å²) in [6, 6.07) is 1.76. The van der Waals surface area contributed by atoms with Gasteiger partial charge in [0.2, 0.25) is 0 Å². The van der Waals surface area contributed by atoms with Crippen LogP contribution in [0.5, 0.6) is 0 Å². The van der Waals surface area contributed by atoms with E-state index >= 15 is 0 Å². The smallest absolute Gasteiger partial charge is 0.276 e. The van der Waals surface area contributed by atoms with Crippen LogP contribution in [0.4, 0.5) is 0 Å². The van der Waals surface area contributed by atoms with Gasteiger partial charge in [0, 0.05) is 37.5 Å². The Morgan fingerprint density at radius 2 is 2.38 bits per heavy atom. The van der Waals surface area contributed by atoms with Crippen LogP contribution < -0.4 is 5.32 Å². The number of likely N-dealkylation sites (tertiary alicyclic amines) is 1. The normalized spacial score (nSPS) is 27.3. The molecule has 2 aliphatic heterocycles. The van der Waals surface area contributed by atoms with Crippen LogP contribution in [0.25, 0.3) is 0 Å². The molecule has 136 valence electrons. The number of piperidine rings is 2. The highest BCUT2D eigenvalue weighted by Gasteiger charge is 2.44. The summed E-state index contributed by atoms with van der Waals surface area (Å²) in [5.41, 5.74) is 0.173. The number of aliphatic hydroxyl groups is 1. The minimum Gasteiger partial charge on any atom is -0.392 e. The van der Waals surface area contributed by atoms with Gasteiger partial charge in [0.15, 0.2) is 5.69 Å². The third kappa shape index (κ3) is 3.92. The van der Waals surface area contributed by atoms with Crippen LogP contribution in [0.3, 0.4) is 0 Å². The molecular weight excluding hydrogens is 330 g/mol. The molecule has 0 bridgehead atoms. The quantitative estimate of drug-likeness (QED) is 0.863. The Hall–Kier alpha value is -1.11. The lowest BCUT2D eigenvalue weighted by atomic mass is 9.72. The Kier molecular flexibility index (Phi) is 6.28. The van der Waals surface area contributed by atoms with Crippen molar-refractivity contribution < 1.29 is 14.4 Å². The van der Waals surface area contributed by atoms with E-state index < -0.39 is 0 Å². The molecule has 2 fully saturated rings. The van der Waals surface area contributed by atoms with Gasteiger partial charge in [-0.15, -0.1) is 12.4 Å². The fourth-order valence-corrected chi connectivity index (χ4v) is 3.82. The van der Waals surface area contributed by atoms with Crippen LogP contribution in [0.2, 0.25) is 0 Å². The summed E-state index contributed by atoms with van der Waals surface area (Å²) in [5, 5.41) is 17.8. The van der Waals surface area contributed by atoms with Crippen molar-refractivity contribution in [2.45, 2.75) is 45.6 Å². The van der Waals surface area contributed by atoms with Crippen LogP contribution in [0.1, 0.15) is 49.4 Å². The SMILES string of the molecule is CC(C)Cc1cc(C(=O)N2CCC[C@]3(CNCC[C@@H]3O)C2)no1.Cl. The zero-order valence-corrected chi connectivity index (χ0v) is 15.3. The number of hydrogen-bond donors (Lipinski definition) is 2. The third-order valence-corrected chi connectivity index (χ3v) is 5.06. The molecule has 0 aliphatic carbocycles. The molecular formula is C17H28ClN3O3. The van der Waals surface area contributed by atoms with Crippen molar-refractivity contribution in [3.8, 4) is 0 Å². The standard InChI is InChI=1S/C17H27N3O3.ClH/c1-12(2)8-13-9-14(19-23-13)16(22)20-7-3-5-17(11-20)10-18-6-4-15(17)21;/h9,12,15,18,21H,3-8,10-11H2,1-2H3;1H/t15-,17-;/m0./s1. The fraction of sp³-hybridized carbons (Fsp3) is 0.765. The number of amides is 1. The number of nitrogens with zero attached hydrogens (tertiary/aromatic N) is 2. The molecule has 2 saturated heterocycles. The molecule has 2 aliphatic rings. The molecule has 2 atom stereocenters. The van der Waals surface area contributed by atoms with E-state index in [0.29, 0.717) is 18.2 Å². The van der Waals surface area contributed by atoms with Gasteiger partial charge in [0.05, 0.1) is 6.10 Å². The molecule has 2 N–H and O–H groups in total. The van der Waals surface area contributed by atoms with Gasteiger partial charge in [0.25, 0.3) is 5.91 Å². The van der Waals surface area contributed by atoms with E-state index in [1.54, 1.807) is 6.07 Å². The molecule has 0 aromatic carbocycles. The zero-order chi connectivity index (χ0) is 16.4. The van der Waals surface area contributed by atoms with Gasteiger partial charge in [-0.05, 0) is 31.7 Å². The molecule has 0 saturated carbocycles. The van der Waals surface area contributed by atoms with E-state index in [1.807, 2.05) is 4.90 Å². The maximum absolute atomic E-state index is 12.7. The molecule has 3 heterocycles. The summed E-state index contributed by atoms with van der Waals surface area (Å²) in [6.07, 6.45) is 3.08. The molecule has 1 aromatic heterocycles. The van der Waals surface area contributed by atoms with Gasteiger partial charge >= 0.3 is 0 Å². The van der Waals surface area contributed by atoms with Crippen LogP contribution in [-0.4, -0.2) is 53.4 Å². The Bertz CT molecular complexity index is 559. The van der Waals surface area contributed by atoms with Crippen LogP contribution in [0.15, 0.2) is 10.6 Å². The van der Waals surface area contributed by atoms with Crippen LogP contribution in [-0.2, 0) is 6.42 Å². The van der Waals surface area contributed by atoms with Crippen molar-refractivity contribution in [3.05, 3.63) is 17.5 Å². The van der Waals surface area contributed by atoms with Gasteiger partial charge in [-0.1, -0.05) is 19.0 Å². The predicted octanol–water partition coefficient (Wildman–Crippen LogP) is 1.87. The number of aliphatic hydroxyl groups excluding tert-OH is 1. The average Bonchev–Trinajstić information content (AvgIpc) is 2.97. The Labute approximate surface area is 149 Å². The fourth-order valence-electron chi connectivity index (χ4n) is 3.82. The van der Waals surface area contributed by atoms with E-state index in [1.165, 1.54) is 0 Å². The number of aromatic nitrogens is 1. The Morgan fingerprint density at radius 3 is 3.08 bits per heavy atom. The largest absolute Gasteiger partial charge is 0.392 e. The van der Waals surface area contributed by atoms with E-state index in [-0.39, 0.29) is 29.8 Å². The lowest BCUT2D eigenvalue weighted by Crippen LogP contribution is -2.58. The lowest BCUT2D eigenvalue weighted by Gasteiger charge is -2.48. The van der Waals surface area contributed by atoms with Gasteiger partial charge in [-0.25, -0.2) is 0 Å². The van der Waals surface area contributed by atoms with Crippen molar-refractivity contribution in [1.82, 2.24) is 15.4 Å². The Balaban J connectivity index is 0.00000208. The highest BCUT2D eigenvalue weighted by atomic mass is 35.5. The summed E-state index contributed by atoms with van der Waals surface area (Å²) in [7, 11) is 0. The number of rotatable bonds is 3. The first-order valence-corrected chi connectivity index (χ1v) is 8.64. The lowest BCUT2D eigenvalue weighted by molar-refractivity contribution is -0.0434. The minimum atomic E-state index is -0.340. The first-order valence-electron chi connectivity index (χ1n) is 8.64. The summed E-state index contributed by atoms with van der Waals surface area (Å²) < 4.78 is 5.29. The molecule has 6 nitrogen and oxygen atoms in total. The van der Waals surface area contributed by atoms with Crippen LogP contribution >= 0.6 is 12.4 Å². The molecule has 1 amide bonds. The molecule has 0 radical (unpaired) electrons. The second kappa shape index (κ2) is 7.85. The van der Waals surface area contributed by atoms with E-state index in [4.69, 9.17) is 4.52 Å². The average molecular weight is 358 g/mol. The first kappa shape index (κ1) is 19.2. The molecule has 7 heteroatoms. The molecule has 1 spiro atoms. The summed E-state index contributed by atoms with van der Waals surface area (Å²) >= 11 is 0. The highest BCUT2D eigenvalue weighted by molar-refractivity contribution is 5.92. The number of carbonyl (C=O) groups is 1.